The number of aryl methyl sites for hydroxylation is 2. The van der Waals surface area contributed by atoms with Crippen LogP contribution >= 0.6 is 0 Å². The molecular weight excluding hydrogens is 331 g/mol. The van der Waals surface area contributed by atoms with Crippen LogP contribution in [-0.2, 0) is 11.8 Å². The van der Waals surface area contributed by atoms with Crippen LogP contribution in [0.3, 0.4) is 0 Å². The summed E-state index contributed by atoms with van der Waals surface area (Å²) in [6.07, 6.45) is 0.874. The number of nitrogens with zero attached hydrogens (tertiary/aromatic N) is 2. The SMILES string of the molecule is Cc1cc(-c2nc3cc(F)ccc3n2C)ccc1NC(=O)C1CCNC1. The average Bonchev–Trinajstić information content (AvgIpc) is 3.25. The molecule has 1 saturated heterocycles. The van der Waals surface area contributed by atoms with E-state index in [1.54, 1.807) is 6.07 Å². The van der Waals surface area contributed by atoms with E-state index in [9.17, 15) is 9.18 Å². The van der Waals surface area contributed by atoms with E-state index in [-0.39, 0.29) is 17.6 Å². The first kappa shape index (κ1) is 16.7. The van der Waals surface area contributed by atoms with E-state index in [1.807, 2.05) is 36.7 Å². The highest BCUT2D eigenvalue weighted by Crippen LogP contribution is 2.28. The highest BCUT2D eigenvalue weighted by atomic mass is 19.1. The summed E-state index contributed by atoms with van der Waals surface area (Å²) in [7, 11) is 1.92. The molecule has 26 heavy (non-hydrogen) atoms. The molecule has 0 bridgehead atoms. The summed E-state index contributed by atoms with van der Waals surface area (Å²) >= 11 is 0. The average molecular weight is 352 g/mol. The number of halogens is 1. The van der Waals surface area contributed by atoms with Crippen LogP contribution in [0.5, 0.6) is 0 Å². The quantitative estimate of drug-likeness (QED) is 0.761. The second-order valence-corrected chi connectivity index (χ2v) is 6.84. The number of rotatable bonds is 3. The van der Waals surface area contributed by atoms with Crippen molar-refractivity contribution in [3.05, 3.63) is 47.8 Å². The molecule has 1 aliphatic rings. The standard InChI is InChI=1S/C20H21FN4O/c1-12-9-13(3-5-16(12)24-20(26)14-7-8-22-11-14)19-23-17-10-15(21)4-6-18(17)25(19)2/h3-6,9-10,14,22H,7-8,11H2,1-2H3,(H,24,26). The molecule has 6 heteroatoms. The third-order valence-corrected chi connectivity index (χ3v) is 5.02. The number of anilines is 1. The maximum atomic E-state index is 13.5. The summed E-state index contributed by atoms with van der Waals surface area (Å²) in [6, 6.07) is 10.5. The molecular formula is C20H21FN4O. The molecule has 0 radical (unpaired) electrons. The molecule has 134 valence electrons. The van der Waals surface area contributed by atoms with Crippen molar-refractivity contribution in [3.8, 4) is 11.4 Å². The summed E-state index contributed by atoms with van der Waals surface area (Å²) in [5, 5.41) is 6.23. The fourth-order valence-electron chi connectivity index (χ4n) is 3.49. The van der Waals surface area contributed by atoms with Gasteiger partial charge in [-0.05, 0) is 55.8 Å². The van der Waals surface area contributed by atoms with Crippen molar-refractivity contribution in [1.29, 1.82) is 0 Å². The first-order chi connectivity index (χ1) is 12.5. The predicted octanol–water partition coefficient (Wildman–Crippen LogP) is 3.24. The third-order valence-electron chi connectivity index (χ3n) is 5.02. The number of benzene rings is 2. The van der Waals surface area contributed by atoms with Crippen LogP contribution in [0.4, 0.5) is 10.1 Å². The second-order valence-electron chi connectivity index (χ2n) is 6.84. The lowest BCUT2D eigenvalue weighted by molar-refractivity contribution is -0.119. The molecule has 1 fully saturated rings. The van der Waals surface area contributed by atoms with Crippen LogP contribution in [-0.4, -0.2) is 28.5 Å². The first-order valence-corrected chi connectivity index (χ1v) is 8.77. The molecule has 1 aromatic heterocycles. The Kier molecular flexibility index (Phi) is 4.20. The van der Waals surface area contributed by atoms with E-state index in [4.69, 9.17) is 0 Å². The molecule has 4 rings (SSSR count). The van der Waals surface area contributed by atoms with Gasteiger partial charge in [-0.2, -0.15) is 0 Å². The van der Waals surface area contributed by atoms with Gasteiger partial charge in [0, 0.05) is 30.9 Å². The fourth-order valence-corrected chi connectivity index (χ4v) is 3.49. The number of nitrogens with one attached hydrogen (secondary N) is 2. The Morgan fingerprint density at radius 2 is 2.15 bits per heavy atom. The van der Waals surface area contributed by atoms with Crippen LogP contribution in [0.15, 0.2) is 36.4 Å². The lowest BCUT2D eigenvalue weighted by atomic mass is 10.1. The number of hydrogen-bond donors (Lipinski definition) is 2. The van der Waals surface area contributed by atoms with Gasteiger partial charge < -0.3 is 15.2 Å². The minimum absolute atomic E-state index is 0.0313. The number of carbonyl (C=O) groups excluding carboxylic acids is 1. The van der Waals surface area contributed by atoms with Crippen molar-refractivity contribution < 1.29 is 9.18 Å². The molecule has 0 spiro atoms. The summed E-state index contributed by atoms with van der Waals surface area (Å²) in [5.41, 5.74) is 4.23. The lowest BCUT2D eigenvalue weighted by Crippen LogP contribution is -2.24. The van der Waals surface area contributed by atoms with Crippen molar-refractivity contribution in [3.63, 3.8) is 0 Å². The molecule has 1 unspecified atom stereocenters. The van der Waals surface area contributed by atoms with Crippen molar-refractivity contribution >= 4 is 22.6 Å². The summed E-state index contributed by atoms with van der Waals surface area (Å²) in [4.78, 5) is 16.9. The number of aromatic nitrogens is 2. The van der Waals surface area contributed by atoms with Gasteiger partial charge in [-0.25, -0.2) is 9.37 Å². The number of imidazole rings is 1. The number of hydrogen-bond acceptors (Lipinski definition) is 3. The normalized spacial score (nSPS) is 17.0. The van der Waals surface area contributed by atoms with Gasteiger partial charge in [0.25, 0.3) is 0 Å². The third kappa shape index (κ3) is 2.97. The van der Waals surface area contributed by atoms with E-state index in [0.717, 1.165) is 47.7 Å². The minimum atomic E-state index is -0.294. The Labute approximate surface area is 151 Å². The zero-order valence-corrected chi connectivity index (χ0v) is 14.8. The number of fused-ring (bicyclic) bond motifs is 1. The second kappa shape index (κ2) is 6.53. The number of carbonyl (C=O) groups is 1. The first-order valence-electron chi connectivity index (χ1n) is 8.77. The molecule has 1 aliphatic heterocycles. The zero-order chi connectivity index (χ0) is 18.3. The molecule has 2 heterocycles. The van der Waals surface area contributed by atoms with Crippen LogP contribution in [0.25, 0.3) is 22.4 Å². The molecule has 2 aromatic carbocycles. The Hall–Kier alpha value is -2.73. The largest absolute Gasteiger partial charge is 0.327 e. The molecule has 3 aromatic rings. The minimum Gasteiger partial charge on any atom is -0.327 e. The Balaban J connectivity index is 1.63. The molecule has 0 aliphatic carbocycles. The Bertz CT molecular complexity index is 989. The highest BCUT2D eigenvalue weighted by Gasteiger charge is 2.22. The monoisotopic (exact) mass is 352 g/mol. The maximum absolute atomic E-state index is 13.5. The van der Waals surface area contributed by atoms with Crippen LogP contribution in [0, 0.1) is 18.7 Å². The molecule has 1 amide bonds. The molecule has 1 atom stereocenters. The van der Waals surface area contributed by atoms with E-state index in [1.165, 1.54) is 12.1 Å². The Morgan fingerprint density at radius 1 is 1.31 bits per heavy atom. The topological polar surface area (TPSA) is 59.0 Å². The summed E-state index contributed by atoms with van der Waals surface area (Å²) in [6.45, 7) is 3.59. The van der Waals surface area contributed by atoms with Gasteiger partial charge in [0.15, 0.2) is 0 Å². The van der Waals surface area contributed by atoms with E-state index in [0.29, 0.717) is 5.52 Å². The highest BCUT2D eigenvalue weighted by molar-refractivity contribution is 5.94. The fraction of sp³-hybridized carbons (Fsp3) is 0.300. The molecule has 0 saturated carbocycles. The van der Waals surface area contributed by atoms with Gasteiger partial charge in [0.05, 0.1) is 17.0 Å². The van der Waals surface area contributed by atoms with Gasteiger partial charge >= 0.3 is 0 Å². The van der Waals surface area contributed by atoms with Gasteiger partial charge in [-0.3, -0.25) is 4.79 Å². The van der Waals surface area contributed by atoms with Crippen LogP contribution in [0.1, 0.15) is 12.0 Å². The van der Waals surface area contributed by atoms with Gasteiger partial charge in [-0.15, -0.1) is 0 Å². The van der Waals surface area contributed by atoms with E-state index >= 15 is 0 Å². The molecule has 2 N–H and O–H groups in total. The van der Waals surface area contributed by atoms with Gasteiger partial charge in [0.2, 0.25) is 5.91 Å². The summed E-state index contributed by atoms with van der Waals surface area (Å²) in [5.74, 6) is 0.567. The summed E-state index contributed by atoms with van der Waals surface area (Å²) < 4.78 is 15.4. The van der Waals surface area contributed by atoms with Gasteiger partial charge in [-0.1, -0.05) is 0 Å². The zero-order valence-electron chi connectivity index (χ0n) is 14.8. The van der Waals surface area contributed by atoms with E-state index in [2.05, 4.69) is 15.6 Å². The smallest absolute Gasteiger partial charge is 0.228 e. The van der Waals surface area contributed by atoms with E-state index < -0.39 is 0 Å². The predicted molar refractivity (Wildman–Crippen MR) is 100 cm³/mol. The van der Waals surface area contributed by atoms with Crippen LogP contribution < -0.4 is 10.6 Å². The van der Waals surface area contributed by atoms with Crippen molar-refractivity contribution in [2.75, 3.05) is 18.4 Å². The van der Waals surface area contributed by atoms with Gasteiger partial charge in [0.1, 0.15) is 11.6 Å². The van der Waals surface area contributed by atoms with Crippen molar-refractivity contribution in [2.45, 2.75) is 13.3 Å². The lowest BCUT2D eigenvalue weighted by Gasteiger charge is -2.13. The van der Waals surface area contributed by atoms with Crippen molar-refractivity contribution in [2.24, 2.45) is 13.0 Å². The van der Waals surface area contributed by atoms with Crippen LogP contribution in [0.2, 0.25) is 0 Å². The maximum Gasteiger partial charge on any atom is 0.228 e. The molecule has 5 nitrogen and oxygen atoms in total. The number of amides is 1. The Morgan fingerprint density at radius 3 is 2.88 bits per heavy atom. The van der Waals surface area contributed by atoms with Crippen molar-refractivity contribution in [1.82, 2.24) is 14.9 Å².